The topological polar surface area (TPSA) is 54.5 Å². The number of carbonyl (C=O) groups is 1. The van der Waals surface area contributed by atoms with E-state index in [1.807, 2.05) is 0 Å². The Morgan fingerprint density at radius 2 is 2.31 bits per heavy atom. The number of likely N-dealkylation sites (tertiary alicyclic amines) is 1. The minimum atomic E-state index is -3.61. The van der Waals surface area contributed by atoms with Crippen LogP contribution in [-0.4, -0.2) is 37.6 Å². The number of carbonyl (C=O) groups excluding carboxylic acids is 1. The summed E-state index contributed by atoms with van der Waals surface area (Å²) in [7, 11) is 1.53. The zero-order valence-electron chi connectivity index (χ0n) is 6.94. The van der Waals surface area contributed by atoms with Gasteiger partial charge < -0.3 is 4.90 Å². The largest absolute Gasteiger partial charge is 0.338 e. The molecule has 1 aliphatic heterocycles. The number of amides is 1. The van der Waals surface area contributed by atoms with E-state index >= 15 is 0 Å². The Hall–Kier alpha value is -0.550. The summed E-state index contributed by atoms with van der Waals surface area (Å²) < 4.78 is 21.8. The molecule has 1 fully saturated rings. The van der Waals surface area contributed by atoms with E-state index in [9.17, 15) is 13.2 Å². The lowest BCUT2D eigenvalue weighted by molar-refractivity contribution is -0.127. The molecule has 0 radical (unpaired) electrons. The first kappa shape index (κ1) is 10.5. The van der Waals surface area contributed by atoms with Gasteiger partial charge in [-0.2, -0.15) is 0 Å². The molecule has 13 heavy (non-hydrogen) atoms. The molecule has 74 valence electrons. The average molecular weight is 224 g/mol. The first-order valence-electron chi connectivity index (χ1n) is 3.77. The number of hydrogen-bond donors (Lipinski definition) is 0. The fourth-order valence-corrected chi connectivity index (χ4v) is 2.31. The van der Waals surface area contributed by atoms with E-state index < -0.39 is 14.3 Å². The van der Waals surface area contributed by atoms with Gasteiger partial charge in [0, 0.05) is 30.2 Å². The van der Waals surface area contributed by atoms with Crippen molar-refractivity contribution in [2.75, 3.05) is 13.1 Å². The van der Waals surface area contributed by atoms with Gasteiger partial charge in [-0.3, -0.25) is 4.79 Å². The Balaban J connectivity index is 2.71. The van der Waals surface area contributed by atoms with E-state index in [0.717, 1.165) is 0 Å². The van der Waals surface area contributed by atoms with E-state index in [0.29, 0.717) is 6.54 Å². The van der Waals surface area contributed by atoms with Crippen LogP contribution in [0.4, 0.5) is 0 Å². The molecule has 4 nitrogen and oxygen atoms in total. The van der Waals surface area contributed by atoms with Gasteiger partial charge in [0.1, 0.15) is 5.25 Å². The second kappa shape index (κ2) is 3.67. The minimum absolute atomic E-state index is 0.0142. The van der Waals surface area contributed by atoms with Crippen LogP contribution >= 0.6 is 10.7 Å². The normalized spacial score (nSPS) is 23.6. The van der Waals surface area contributed by atoms with Crippen LogP contribution in [0, 0.1) is 0 Å². The zero-order chi connectivity index (χ0) is 10.1. The molecule has 1 atom stereocenters. The third-order valence-electron chi connectivity index (χ3n) is 1.93. The van der Waals surface area contributed by atoms with Gasteiger partial charge in [0.15, 0.2) is 0 Å². The lowest BCUT2D eigenvalue weighted by Gasteiger charge is -2.12. The molecule has 1 rings (SSSR count). The number of hydrogen-bond acceptors (Lipinski definition) is 3. The highest BCUT2D eigenvalue weighted by Gasteiger charge is 2.36. The molecule has 0 aliphatic carbocycles. The smallest absolute Gasteiger partial charge is 0.237 e. The molecule has 1 saturated heterocycles. The summed E-state index contributed by atoms with van der Waals surface area (Å²) in [6.07, 6.45) is 1.54. The van der Waals surface area contributed by atoms with Gasteiger partial charge in [0.05, 0.1) is 0 Å². The van der Waals surface area contributed by atoms with Crippen LogP contribution < -0.4 is 0 Å². The highest BCUT2D eigenvalue weighted by atomic mass is 35.7. The van der Waals surface area contributed by atoms with E-state index in [4.69, 9.17) is 10.7 Å². The quantitative estimate of drug-likeness (QED) is 0.512. The van der Waals surface area contributed by atoms with Crippen LogP contribution in [0.3, 0.4) is 0 Å². The molecule has 0 bridgehead atoms. The Labute approximate surface area is 81.6 Å². The summed E-state index contributed by atoms with van der Waals surface area (Å²) in [6.45, 7) is 4.02. The highest BCUT2D eigenvalue weighted by molar-refractivity contribution is 8.14. The van der Waals surface area contributed by atoms with E-state index in [1.165, 1.54) is 4.90 Å². The molecule has 0 saturated carbocycles. The number of rotatable bonds is 3. The van der Waals surface area contributed by atoms with E-state index in [1.54, 1.807) is 6.08 Å². The fraction of sp³-hybridized carbons (Fsp3) is 0.571. The molecule has 0 spiro atoms. The van der Waals surface area contributed by atoms with Crippen molar-refractivity contribution in [3.8, 4) is 0 Å². The van der Waals surface area contributed by atoms with Crippen LogP contribution in [-0.2, 0) is 13.8 Å². The van der Waals surface area contributed by atoms with Crippen molar-refractivity contribution in [3.63, 3.8) is 0 Å². The molecule has 1 amide bonds. The molecule has 6 heteroatoms. The number of nitrogens with zero attached hydrogens (tertiary/aromatic N) is 1. The molecular weight excluding hydrogens is 214 g/mol. The van der Waals surface area contributed by atoms with Gasteiger partial charge in [-0.15, -0.1) is 6.58 Å². The second-order valence-corrected chi connectivity index (χ2v) is 5.80. The molecule has 0 aromatic rings. The van der Waals surface area contributed by atoms with Gasteiger partial charge in [-0.05, 0) is 0 Å². The van der Waals surface area contributed by atoms with Gasteiger partial charge in [0.25, 0.3) is 0 Å². The predicted molar refractivity (Wildman–Crippen MR) is 50.0 cm³/mol. The van der Waals surface area contributed by atoms with Crippen molar-refractivity contribution in [2.24, 2.45) is 0 Å². The molecule has 1 aliphatic rings. The molecule has 1 heterocycles. The van der Waals surface area contributed by atoms with Crippen LogP contribution in [0.5, 0.6) is 0 Å². The number of halogens is 1. The van der Waals surface area contributed by atoms with Gasteiger partial charge >= 0.3 is 0 Å². The Morgan fingerprint density at radius 3 is 2.69 bits per heavy atom. The van der Waals surface area contributed by atoms with Crippen molar-refractivity contribution >= 4 is 25.6 Å². The zero-order valence-corrected chi connectivity index (χ0v) is 8.51. The monoisotopic (exact) mass is 223 g/mol. The third-order valence-corrected chi connectivity index (χ3v) is 3.79. The molecule has 0 aromatic heterocycles. The summed E-state index contributed by atoms with van der Waals surface area (Å²) in [5, 5.41) is -0.762. The fourth-order valence-electron chi connectivity index (χ4n) is 1.26. The summed E-state index contributed by atoms with van der Waals surface area (Å²) in [5.41, 5.74) is 0. The SMILES string of the molecule is C=CCN1CC(S(=O)(=O)Cl)CC1=O. The van der Waals surface area contributed by atoms with Crippen LogP contribution in [0.1, 0.15) is 6.42 Å². The maximum atomic E-state index is 11.2. The maximum Gasteiger partial charge on any atom is 0.237 e. The standard InChI is InChI=1S/C7H10ClNO3S/c1-2-3-9-5-6(4-7(9)10)13(8,11)12/h2,6H,1,3-5H2. The first-order valence-corrected chi connectivity index (χ1v) is 6.14. The molecule has 1 unspecified atom stereocenters. The van der Waals surface area contributed by atoms with Crippen molar-refractivity contribution in [3.05, 3.63) is 12.7 Å². The summed E-state index contributed by atoms with van der Waals surface area (Å²) in [4.78, 5) is 12.6. The minimum Gasteiger partial charge on any atom is -0.338 e. The van der Waals surface area contributed by atoms with Crippen molar-refractivity contribution in [1.29, 1.82) is 0 Å². The molecule has 0 N–H and O–H groups in total. The summed E-state index contributed by atoms with van der Waals surface area (Å²) in [5.74, 6) is -0.186. The summed E-state index contributed by atoms with van der Waals surface area (Å²) >= 11 is 0. The van der Waals surface area contributed by atoms with Crippen molar-refractivity contribution < 1.29 is 13.2 Å². The lowest BCUT2D eigenvalue weighted by Crippen LogP contribution is -2.27. The first-order chi connectivity index (χ1) is 5.95. The predicted octanol–water partition coefficient (Wildman–Crippen LogP) is 0.342. The summed E-state index contributed by atoms with van der Waals surface area (Å²) in [6, 6.07) is 0. The van der Waals surface area contributed by atoms with Crippen LogP contribution in [0.25, 0.3) is 0 Å². The van der Waals surface area contributed by atoms with Crippen LogP contribution in [0.15, 0.2) is 12.7 Å². The molecule has 0 aromatic carbocycles. The highest BCUT2D eigenvalue weighted by Crippen LogP contribution is 2.20. The Bertz CT molecular complexity index is 325. The third kappa shape index (κ3) is 2.45. The average Bonchev–Trinajstić information content (AvgIpc) is 2.32. The lowest BCUT2D eigenvalue weighted by atomic mass is 10.4. The molecular formula is C7H10ClNO3S. The van der Waals surface area contributed by atoms with Gasteiger partial charge in [0.2, 0.25) is 15.0 Å². The van der Waals surface area contributed by atoms with E-state index in [2.05, 4.69) is 6.58 Å². The Morgan fingerprint density at radius 1 is 1.69 bits per heavy atom. The Kier molecular flexibility index (Phi) is 2.98. The van der Waals surface area contributed by atoms with Crippen molar-refractivity contribution in [1.82, 2.24) is 4.90 Å². The van der Waals surface area contributed by atoms with Crippen molar-refractivity contribution in [2.45, 2.75) is 11.7 Å². The maximum absolute atomic E-state index is 11.2. The van der Waals surface area contributed by atoms with Crippen LogP contribution in [0.2, 0.25) is 0 Å². The van der Waals surface area contributed by atoms with Gasteiger partial charge in [-0.1, -0.05) is 6.08 Å². The van der Waals surface area contributed by atoms with E-state index in [-0.39, 0.29) is 18.9 Å². The second-order valence-electron chi connectivity index (χ2n) is 2.89. The van der Waals surface area contributed by atoms with Gasteiger partial charge in [-0.25, -0.2) is 8.42 Å².